The molecule has 626 valence electrons. The van der Waals surface area contributed by atoms with Crippen molar-refractivity contribution >= 4 is 56.8 Å². The van der Waals surface area contributed by atoms with E-state index in [1.54, 1.807) is 0 Å². The number of nitrogens with one attached hydrogen (secondary N) is 4. The van der Waals surface area contributed by atoms with E-state index in [1.807, 2.05) is 0 Å². The summed E-state index contributed by atoms with van der Waals surface area (Å²) in [5.41, 5.74) is 0. The van der Waals surface area contributed by atoms with E-state index in [2.05, 4.69) is 87.1 Å². The molecule has 0 radical (unpaired) electrons. The molecule has 0 bridgehead atoms. The minimum Gasteiger partial charge on any atom is -0.462 e. The number of phosphoric ester groups is 2. The highest BCUT2D eigenvalue weighted by Crippen LogP contribution is 2.44. The number of ether oxygens (including phenoxy) is 3. The van der Waals surface area contributed by atoms with Crippen molar-refractivity contribution in [3.63, 3.8) is 0 Å². The number of aliphatic hydroxyl groups is 1. The van der Waals surface area contributed by atoms with Gasteiger partial charge in [0.1, 0.15) is 24.1 Å². The maximum atomic E-state index is 13.7. The standard InChI is InChI=1S/C82H154N4O19P2/c1-7-13-19-25-28-31-34-40-45-51-75(88)63-71(49-43-37-22-16-10-4)55-59-99-67-72(85-80(92)64-76(89)52-46-41-35-32-29-26-20-14-8-2)69-103-106(95,96)101-61-57-83-78(90)66-79(91)84-58-62-102-107(97,98)104-70-73(68-100-60-56-74(87)50-44-38-23-17-11-5)86-81(93)65-77(53-47-39-24-18-12-6)105-82(94)54-48-42-36-33-30-27-21-15-9-3/h31,33-34,36,71-74,77,87H,7-30,32,35,37-70H2,1-6H3,(H,83,90)(H,84,91)(H,85,92)(H,86,93)(H,95,96)(H,97,98)/t71-,72?,73?,74-,77-/m1/s1. The molecule has 0 saturated carbocycles. The number of carbonyl (C=O) groups is 7. The highest BCUT2D eigenvalue weighted by atomic mass is 31.2. The molecule has 0 aromatic carbocycles. The lowest BCUT2D eigenvalue weighted by Crippen LogP contribution is -2.43. The molecule has 0 rings (SSSR count). The quantitative estimate of drug-likeness (QED) is 0.00978. The monoisotopic (exact) mass is 1560 g/mol. The van der Waals surface area contributed by atoms with Crippen molar-refractivity contribution in [3.8, 4) is 0 Å². The van der Waals surface area contributed by atoms with Crippen molar-refractivity contribution in [1.29, 1.82) is 0 Å². The number of hydrogen-bond acceptors (Lipinski definition) is 17. The first-order valence-corrected chi connectivity index (χ1v) is 45.4. The lowest BCUT2D eigenvalue weighted by atomic mass is 9.91. The molecule has 0 aliphatic carbocycles. The van der Waals surface area contributed by atoms with Crippen LogP contribution in [-0.2, 0) is 75.0 Å². The minimum atomic E-state index is -4.81. The average molecular weight is 1560 g/mol. The summed E-state index contributed by atoms with van der Waals surface area (Å²) in [6.07, 6.45) is 50.6. The van der Waals surface area contributed by atoms with Gasteiger partial charge in [0.05, 0.1) is 70.7 Å². The number of rotatable bonds is 81. The third-order valence-electron chi connectivity index (χ3n) is 18.7. The highest BCUT2D eigenvalue weighted by molar-refractivity contribution is 7.47. The maximum absolute atomic E-state index is 13.7. The Balaban J connectivity index is 5.64. The Morgan fingerprint density at radius 3 is 1.24 bits per heavy atom. The summed E-state index contributed by atoms with van der Waals surface area (Å²) in [5, 5.41) is 21.0. The van der Waals surface area contributed by atoms with Crippen LogP contribution in [0.2, 0.25) is 0 Å². The van der Waals surface area contributed by atoms with Crippen LogP contribution in [-0.4, -0.2) is 146 Å². The molecule has 0 aromatic rings. The fourth-order valence-corrected chi connectivity index (χ4v) is 13.8. The molecule has 0 fully saturated rings. The van der Waals surface area contributed by atoms with Crippen molar-refractivity contribution < 1.29 is 89.9 Å². The smallest absolute Gasteiger partial charge is 0.462 e. The van der Waals surface area contributed by atoms with Crippen LogP contribution in [0.15, 0.2) is 24.3 Å². The molecule has 0 saturated heterocycles. The van der Waals surface area contributed by atoms with Gasteiger partial charge in [-0.25, -0.2) is 9.13 Å². The van der Waals surface area contributed by atoms with Crippen LogP contribution in [0.5, 0.6) is 0 Å². The Hall–Kier alpha value is -3.73. The predicted octanol–water partition coefficient (Wildman–Crippen LogP) is 18.3. The normalized spacial score (nSPS) is 14.3. The van der Waals surface area contributed by atoms with E-state index in [4.69, 9.17) is 32.3 Å². The van der Waals surface area contributed by atoms with E-state index in [9.17, 15) is 57.6 Å². The SMILES string of the molecule is CCCCCCC=CCCCC(=O)C[C@H](CCCCCCC)CCOCC(COP(=O)(O)OCCNC(=O)CC(=O)NCCOP(=O)(O)OCC(COCC[C@H](O)CCCCCCC)NC(=O)C[C@@H](CCCCCCC)OC(=O)CCCC=CCCCCCC)NC(=O)CC(=O)CCCCCCCCCCC. The number of aliphatic hydroxyl groups excluding tert-OH is 1. The molecular formula is C82H154N4O19P2. The van der Waals surface area contributed by atoms with Crippen molar-refractivity contribution in [1.82, 2.24) is 21.3 Å². The van der Waals surface area contributed by atoms with Crippen molar-refractivity contribution in [3.05, 3.63) is 24.3 Å². The number of amides is 4. The number of phosphoric acid groups is 2. The number of unbranched alkanes of at least 4 members (excludes halogenated alkanes) is 30. The number of esters is 1. The van der Waals surface area contributed by atoms with E-state index in [-0.39, 0.29) is 88.7 Å². The Labute approximate surface area is 648 Å². The van der Waals surface area contributed by atoms with Gasteiger partial charge in [-0.3, -0.25) is 51.7 Å². The second-order valence-electron chi connectivity index (χ2n) is 29.2. The van der Waals surface area contributed by atoms with Crippen LogP contribution < -0.4 is 21.3 Å². The first-order chi connectivity index (χ1) is 51.7. The molecule has 0 aliphatic heterocycles. The summed E-state index contributed by atoms with van der Waals surface area (Å²) in [5.74, 6) is -2.90. The summed E-state index contributed by atoms with van der Waals surface area (Å²) in [4.78, 5) is 113. The number of allylic oxidation sites excluding steroid dienone is 4. The fourth-order valence-electron chi connectivity index (χ4n) is 12.3. The molecule has 7 atom stereocenters. The van der Waals surface area contributed by atoms with Gasteiger partial charge in [-0.15, -0.1) is 0 Å². The second-order valence-corrected chi connectivity index (χ2v) is 32.1. The van der Waals surface area contributed by atoms with Crippen LogP contribution in [0.3, 0.4) is 0 Å². The molecular weight excluding hydrogens is 1410 g/mol. The van der Waals surface area contributed by atoms with Gasteiger partial charge in [0, 0.05) is 52.0 Å². The summed E-state index contributed by atoms with van der Waals surface area (Å²) in [6.45, 7) is 10.4. The third kappa shape index (κ3) is 71.1. The Kier molecular flexibility index (Phi) is 71.2. The summed E-state index contributed by atoms with van der Waals surface area (Å²) in [6, 6.07) is -1.92. The van der Waals surface area contributed by atoms with E-state index in [1.165, 1.54) is 77.0 Å². The fraction of sp³-hybridized carbons (Fsp3) is 0.866. The lowest BCUT2D eigenvalue weighted by Gasteiger charge is -2.23. The highest BCUT2D eigenvalue weighted by Gasteiger charge is 2.28. The largest absolute Gasteiger partial charge is 0.472 e. The van der Waals surface area contributed by atoms with Crippen LogP contribution in [0.4, 0.5) is 0 Å². The van der Waals surface area contributed by atoms with E-state index in [0.717, 1.165) is 161 Å². The molecule has 0 aromatic heterocycles. The summed E-state index contributed by atoms with van der Waals surface area (Å²) in [7, 11) is -9.61. The first kappa shape index (κ1) is 103. The Morgan fingerprint density at radius 1 is 0.364 bits per heavy atom. The Bertz CT molecular complexity index is 2370. The predicted molar refractivity (Wildman–Crippen MR) is 428 cm³/mol. The third-order valence-corrected chi connectivity index (χ3v) is 20.6. The molecule has 25 heteroatoms. The van der Waals surface area contributed by atoms with Crippen LogP contribution in [0, 0.1) is 5.92 Å². The maximum Gasteiger partial charge on any atom is 0.472 e. The van der Waals surface area contributed by atoms with Gasteiger partial charge < -0.3 is 50.4 Å². The number of ketones is 2. The van der Waals surface area contributed by atoms with Crippen molar-refractivity contribution in [2.75, 3.05) is 65.9 Å². The van der Waals surface area contributed by atoms with Gasteiger partial charge in [-0.05, 0) is 102 Å². The van der Waals surface area contributed by atoms with Gasteiger partial charge in [-0.1, -0.05) is 246 Å². The molecule has 23 nitrogen and oxygen atoms in total. The number of carbonyl (C=O) groups excluding carboxylic acids is 7. The van der Waals surface area contributed by atoms with E-state index < -0.39 is 96.4 Å². The zero-order valence-electron chi connectivity index (χ0n) is 67.9. The topological polar surface area (TPSA) is 327 Å². The molecule has 0 spiro atoms. The summed E-state index contributed by atoms with van der Waals surface area (Å²) >= 11 is 0. The second kappa shape index (κ2) is 73.7. The van der Waals surface area contributed by atoms with Crippen LogP contribution in [0.25, 0.3) is 0 Å². The average Bonchev–Trinajstić information content (AvgIpc) is 0.920. The van der Waals surface area contributed by atoms with Crippen LogP contribution >= 0.6 is 15.6 Å². The lowest BCUT2D eigenvalue weighted by molar-refractivity contribution is -0.151. The van der Waals surface area contributed by atoms with Gasteiger partial charge in [0.15, 0.2) is 0 Å². The van der Waals surface area contributed by atoms with Gasteiger partial charge in [-0.2, -0.15) is 0 Å². The molecule has 0 aliphatic rings. The van der Waals surface area contributed by atoms with Gasteiger partial charge >= 0.3 is 21.6 Å². The molecule has 0 heterocycles. The summed E-state index contributed by atoms with van der Waals surface area (Å²) < 4.78 is 64.9. The molecule has 7 N–H and O–H groups in total. The molecule has 4 unspecified atom stereocenters. The van der Waals surface area contributed by atoms with Crippen molar-refractivity contribution in [2.24, 2.45) is 5.92 Å². The van der Waals surface area contributed by atoms with Gasteiger partial charge in [0.25, 0.3) is 0 Å². The van der Waals surface area contributed by atoms with E-state index >= 15 is 0 Å². The Morgan fingerprint density at radius 2 is 0.757 bits per heavy atom. The minimum absolute atomic E-state index is 0.103. The van der Waals surface area contributed by atoms with Crippen LogP contribution in [0.1, 0.15) is 363 Å². The zero-order chi connectivity index (χ0) is 79.0. The van der Waals surface area contributed by atoms with Gasteiger partial charge in [0.2, 0.25) is 23.6 Å². The van der Waals surface area contributed by atoms with Crippen molar-refractivity contribution in [2.45, 2.75) is 387 Å². The zero-order valence-corrected chi connectivity index (χ0v) is 69.7. The van der Waals surface area contributed by atoms with E-state index in [0.29, 0.717) is 51.4 Å². The number of hydrogen-bond donors (Lipinski definition) is 7. The number of Topliss-reactive ketones (excluding diaryl/α,β-unsaturated/α-hetero) is 2. The first-order valence-electron chi connectivity index (χ1n) is 42.4. The molecule has 107 heavy (non-hydrogen) atoms. The molecule has 4 amide bonds.